The Morgan fingerprint density at radius 3 is 2.74 bits per heavy atom. The molecule has 1 N–H and O–H groups in total. The first kappa shape index (κ1) is 19.5. The number of aromatic nitrogens is 1. The molecule has 0 fully saturated rings. The molecular formula is C21H24N2O3S. The van der Waals surface area contributed by atoms with Crippen molar-refractivity contribution in [2.24, 2.45) is 0 Å². The summed E-state index contributed by atoms with van der Waals surface area (Å²) in [7, 11) is -1.55. The van der Waals surface area contributed by atoms with Crippen molar-refractivity contribution >= 4 is 10.8 Å². The minimum atomic E-state index is -1.55. The fourth-order valence-corrected chi connectivity index (χ4v) is 4.35. The zero-order valence-electron chi connectivity index (χ0n) is 15.5. The van der Waals surface area contributed by atoms with Gasteiger partial charge >= 0.3 is 0 Å². The molecule has 27 heavy (non-hydrogen) atoms. The number of hydrogen-bond donors (Lipinski definition) is 1. The molecule has 0 spiro atoms. The van der Waals surface area contributed by atoms with E-state index in [0.717, 1.165) is 43.4 Å². The molecule has 1 aromatic heterocycles. The van der Waals surface area contributed by atoms with Crippen molar-refractivity contribution in [3.63, 3.8) is 0 Å². The second kappa shape index (κ2) is 9.12. The lowest BCUT2D eigenvalue weighted by atomic mass is 9.95. The minimum absolute atomic E-state index is 0.00644. The number of benzene rings is 1. The highest BCUT2D eigenvalue weighted by Crippen LogP contribution is 2.24. The molecule has 0 bridgehead atoms. The third-order valence-corrected chi connectivity index (χ3v) is 6.15. The monoisotopic (exact) mass is 384 g/mol. The largest absolute Gasteiger partial charge is 0.491 e. The van der Waals surface area contributed by atoms with Crippen molar-refractivity contribution in [1.82, 2.24) is 4.98 Å². The normalized spacial score (nSPS) is 15.4. The summed E-state index contributed by atoms with van der Waals surface area (Å²) in [4.78, 5) is 4.50. The molecule has 3 rings (SSSR count). The summed E-state index contributed by atoms with van der Waals surface area (Å²) in [5.41, 5.74) is 3.58. The van der Waals surface area contributed by atoms with Crippen LogP contribution in [-0.2, 0) is 30.1 Å². The van der Waals surface area contributed by atoms with Gasteiger partial charge < -0.3 is 9.84 Å². The van der Waals surface area contributed by atoms with Crippen LogP contribution in [0.25, 0.3) is 0 Å². The maximum atomic E-state index is 12.7. The maximum Gasteiger partial charge on any atom is 0.145 e. The van der Waals surface area contributed by atoms with Crippen LogP contribution in [0.1, 0.15) is 42.1 Å². The number of nitrogens with zero attached hydrogens (tertiary/aromatic N) is 2. The molecule has 0 radical (unpaired) electrons. The highest BCUT2D eigenvalue weighted by Gasteiger charge is 2.21. The van der Waals surface area contributed by atoms with Gasteiger partial charge in [0.05, 0.1) is 28.2 Å². The van der Waals surface area contributed by atoms with E-state index in [9.17, 15) is 14.6 Å². The van der Waals surface area contributed by atoms with Gasteiger partial charge in [0.15, 0.2) is 0 Å². The number of ether oxygens (including phenoxy) is 1. The SMILES string of the molecule is CCc1ccc(OCC(O)CS(=O)c2nc3c(cc2C#N)CCCC3)cc1. The molecule has 1 aliphatic carbocycles. The number of hydrogen-bond acceptors (Lipinski definition) is 5. The summed E-state index contributed by atoms with van der Waals surface area (Å²) < 4.78 is 18.3. The van der Waals surface area contributed by atoms with Crippen LogP contribution in [0.4, 0.5) is 0 Å². The molecule has 0 saturated carbocycles. The fourth-order valence-electron chi connectivity index (χ4n) is 3.18. The zero-order valence-corrected chi connectivity index (χ0v) is 16.3. The highest BCUT2D eigenvalue weighted by molar-refractivity contribution is 7.85. The highest BCUT2D eigenvalue weighted by atomic mass is 32.2. The molecule has 1 aromatic carbocycles. The van der Waals surface area contributed by atoms with E-state index in [1.165, 1.54) is 5.56 Å². The second-order valence-electron chi connectivity index (χ2n) is 6.74. The quantitative estimate of drug-likeness (QED) is 0.793. The van der Waals surface area contributed by atoms with Crippen LogP contribution in [-0.4, -0.2) is 32.8 Å². The number of aliphatic hydroxyl groups is 1. The van der Waals surface area contributed by atoms with Gasteiger partial charge in [-0.05, 0) is 61.4 Å². The van der Waals surface area contributed by atoms with Gasteiger partial charge in [0.1, 0.15) is 23.5 Å². The van der Waals surface area contributed by atoms with Crippen LogP contribution in [0.3, 0.4) is 0 Å². The van der Waals surface area contributed by atoms with Gasteiger partial charge in [0.25, 0.3) is 0 Å². The Kier molecular flexibility index (Phi) is 6.59. The number of rotatable bonds is 7. The fraction of sp³-hybridized carbons (Fsp3) is 0.429. The van der Waals surface area contributed by atoms with Gasteiger partial charge in [0, 0.05) is 5.69 Å². The lowest BCUT2D eigenvalue weighted by molar-refractivity contribution is 0.125. The van der Waals surface area contributed by atoms with E-state index in [0.29, 0.717) is 11.3 Å². The summed E-state index contributed by atoms with van der Waals surface area (Å²) in [5.74, 6) is 0.662. The Bertz CT molecular complexity index is 859. The first-order valence-corrected chi connectivity index (χ1v) is 10.6. The second-order valence-corrected chi connectivity index (χ2v) is 8.15. The lowest BCUT2D eigenvalue weighted by Crippen LogP contribution is -2.25. The summed E-state index contributed by atoms with van der Waals surface area (Å²) in [6.45, 7) is 2.13. The van der Waals surface area contributed by atoms with Gasteiger partial charge in [-0.2, -0.15) is 5.26 Å². The van der Waals surface area contributed by atoms with Crippen molar-refractivity contribution < 1.29 is 14.1 Å². The summed E-state index contributed by atoms with van der Waals surface area (Å²) in [6.07, 6.45) is 3.97. The molecule has 2 aromatic rings. The number of aryl methyl sites for hydroxylation is 3. The van der Waals surface area contributed by atoms with E-state index in [-0.39, 0.29) is 17.4 Å². The van der Waals surface area contributed by atoms with Crippen molar-refractivity contribution in [3.05, 3.63) is 52.7 Å². The Morgan fingerprint density at radius 1 is 1.30 bits per heavy atom. The van der Waals surface area contributed by atoms with Gasteiger partial charge in [-0.15, -0.1) is 0 Å². The average Bonchev–Trinajstić information content (AvgIpc) is 2.71. The van der Waals surface area contributed by atoms with E-state index in [4.69, 9.17) is 4.74 Å². The molecular weight excluding hydrogens is 360 g/mol. The Hall–Kier alpha value is -2.23. The molecule has 0 amide bonds. The van der Waals surface area contributed by atoms with Crippen molar-refractivity contribution in [2.75, 3.05) is 12.4 Å². The van der Waals surface area contributed by atoms with Crippen LogP contribution >= 0.6 is 0 Å². The lowest BCUT2D eigenvalue weighted by Gasteiger charge is -2.17. The van der Waals surface area contributed by atoms with Crippen LogP contribution in [0.15, 0.2) is 35.4 Å². The zero-order chi connectivity index (χ0) is 19.2. The standard InChI is InChI=1S/C21H24N2O3S/c1-2-15-7-9-19(10-8-15)26-13-18(24)14-27(25)21-17(12-22)11-16-5-3-4-6-20(16)23-21/h7-11,18,24H,2-6,13-14H2,1H3. The third-order valence-electron chi connectivity index (χ3n) is 4.72. The smallest absolute Gasteiger partial charge is 0.145 e. The van der Waals surface area contributed by atoms with Crippen molar-refractivity contribution in [1.29, 1.82) is 5.26 Å². The van der Waals surface area contributed by atoms with Crippen LogP contribution in [0.2, 0.25) is 0 Å². The van der Waals surface area contributed by atoms with Gasteiger partial charge in [0.2, 0.25) is 0 Å². The van der Waals surface area contributed by atoms with Gasteiger partial charge in [-0.1, -0.05) is 19.1 Å². The summed E-state index contributed by atoms with van der Waals surface area (Å²) in [5, 5.41) is 19.9. The average molecular weight is 385 g/mol. The first-order valence-electron chi connectivity index (χ1n) is 9.31. The van der Waals surface area contributed by atoms with E-state index >= 15 is 0 Å². The van der Waals surface area contributed by atoms with E-state index in [1.54, 1.807) is 0 Å². The van der Waals surface area contributed by atoms with Gasteiger partial charge in [-0.3, -0.25) is 4.21 Å². The molecule has 0 saturated heterocycles. The summed E-state index contributed by atoms with van der Waals surface area (Å²) in [6, 6.07) is 11.6. The van der Waals surface area contributed by atoms with Crippen LogP contribution in [0.5, 0.6) is 5.75 Å². The third kappa shape index (κ3) is 4.94. The van der Waals surface area contributed by atoms with E-state index in [2.05, 4.69) is 18.0 Å². The molecule has 0 aliphatic heterocycles. The number of pyridine rings is 1. The summed E-state index contributed by atoms with van der Waals surface area (Å²) >= 11 is 0. The molecule has 1 aliphatic rings. The molecule has 2 unspecified atom stereocenters. The van der Waals surface area contributed by atoms with Gasteiger partial charge in [-0.25, -0.2) is 4.98 Å². The van der Waals surface area contributed by atoms with Crippen molar-refractivity contribution in [3.8, 4) is 11.8 Å². The maximum absolute atomic E-state index is 12.7. The van der Waals surface area contributed by atoms with Crippen LogP contribution in [0, 0.1) is 11.3 Å². The molecule has 1 heterocycles. The predicted molar refractivity (Wildman–Crippen MR) is 104 cm³/mol. The van der Waals surface area contributed by atoms with Crippen molar-refractivity contribution in [2.45, 2.75) is 50.2 Å². The molecule has 142 valence electrons. The molecule has 2 atom stereocenters. The van der Waals surface area contributed by atoms with E-state index in [1.807, 2.05) is 30.3 Å². The number of aliphatic hydroxyl groups excluding tert-OH is 1. The minimum Gasteiger partial charge on any atom is -0.491 e. The Balaban J connectivity index is 1.63. The topological polar surface area (TPSA) is 83.2 Å². The van der Waals surface area contributed by atoms with Crippen LogP contribution < -0.4 is 4.74 Å². The Labute approximate surface area is 162 Å². The Morgan fingerprint density at radius 2 is 2.04 bits per heavy atom. The predicted octanol–water partition coefficient (Wildman–Crippen LogP) is 2.94. The van der Waals surface area contributed by atoms with E-state index < -0.39 is 16.9 Å². The number of nitriles is 1. The molecule has 6 heteroatoms. The number of fused-ring (bicyclic) bond motifs is 1. The first-order chi connectivity index (χ1) is 13.1. The molecule has 5 nitrogen and oxygen atoms in total.